The Hall–Kier alpha value is -2.39. The number of rotatable bonds is 4. The van der Waals surface area contributed by atoms with Gasteiger partial charge in [-0.05, 0) is 30.2 Å². The number of benzene rings is 2. The number of aryl methyl sites for hydroxylation is 1. The van der Waals surface area contributed by atoms with Crippen molar-refractivity contribution in [3.8, 4) is 0 Å². The fourth-order valence-corrected chi connectivity index (χ4v) is 2.41. The van der Waals surface area contributed by atoms with Gasteiger partial charge in [-0.2, -0.15) is 0 Å². The fraction of sp³-hybridized carbons (Fsp3) is 0.167. The van der Waals surface area contributed by atoms with Crippen molar-refractivity contribution in [1.29, 1.82) is 0 Å². The van der Waals surface area contributed by atoms with Crippen LogP contribution in [-0.2, 0) is 13.2 Å². The number of aromatic nitrogens is 1. The number of anilines is 1. The van der Waals surface area contributed by atoms with Crippen LogP contribution in [0.4, 0.5) is 5.69 Å². The summed E-state index contributed by atoms with van der Waals surface area (Å²) < 4.78 is 0. The highest BCUT2D eigenvalue weighted by Crippen LogP contribution is 2.23. The molecule has 2 aromatic carbocycles. The third kappa shape index (κ3) is 3.03. The lowest BCUT2D eigenvalue weighted by Gasteiger charge is -2.11. The van der Waals surface area contributed by atoms with Crippen LogP contribution in [0, 0.1) is 6.92 Å². The highest BCUT2D eigenvalue weighted by atomic mass is 16.3. The predicted octanol–water partition coefficient (Wildman–Crippen LogP) is 3.65. The lowest BCUT2D eigenvalue weighted by molar-refractivity contribution is 0.282. The Kier molecular flexibility index (Phi) is 3.84. The molecule has 3 nitrogen and oxygen atoms in total. The minimum Gasteiger partial charge on any atom is -0.392 e. The summed E-state index contributed by atoms with van der Waals surface area (Å²) >= 11 is 0. The van der Waals surface area contributed by atoms with E-state index in [1.807, 2.05) is 49.4 Å². The molecule has 0 unspecified atom stereocenters. The molecule has 0 radical (unpaired) electrons. The van der Waals surface area contributed by atoms with E-state index in [0.717, 1.165) is 34.4 Å². The predicted molar refractivity (Wildman–Crippen MR) is 86.2 cm³/mol. The molecule has 0 fully saturated rings. The number of pyridine rings is 1. The van der Waals surface area contributed by atoms with Crippen LogP contribution < -0.4 is 5.32 Å². The van der Waals surface area contributed by atoms with Crippen LogP contribution in [0.3, 0.4) is 0 Å². The van der Waals surface area contributed by atoms with Crippen molar-refractivity contribution >= 4 is 16.6 Å². The Bertz CT molecular complexity index is 751. The summed E-state index contributed by atoms with van der Waals surface area (Å²) in [5.74, 6) is 0. The van der Waals surface area contributed by atoms with Gasteiger partial charge in [0.1, 0.15) is 0 Å². The van der Waals surface area contributed by atoms with Gasteiger partial charge in [0.05, 0.1) is 12.1 Å². The Labute approximate surface area is 124 Å². The van der Waals surface area contributed by atoms with E-state index in [4.69, 9.17) is 5.11 Å². The average Bonchev–Trinajstić information content (AvgIpc) is 2.53. The zero-order valence-electron chi connectivity index (χ0n) is 12.0. The SMILES string of the molecule is Cc1cc(NCc2ccc(CO)cc2)c2ccccc2n1. The zero-order chi connectivity index (χ0) is 14.7. The molecular weight excluding hydrogens is 260 g/mol. The maximum absolute atomic E-state index is 9.06. The van der Waals surface area contributed by atoms with E-state index in [1.54, 1.807) is 0 Å². The van der Waals surface area contributed by atoms with Crippen LogP contribution in [0.5, 0.6) is 0 Å². The monoisotopic (exact) mass is 278 g/mol. The molecule has 106 valence electrons. The van der Waals surface area contributed by atoms with Crippen molar-refractivity contribution < 1.29 is 5.11 Å². The van der Waals surface area contributed by atoms with Gasteiger partial charge in [-0.3, -0.25) is 4.98 Å². The van der Waals surface area contributed by atoms with Gasteiger partial charge in [-0.25, -0.2) is 0 Å². The largest absolute Gasteiger partial charge is 0.392 e. The third-order valence-corrected chi connectivity index (χ3v) is 3.53. The Balaban J connectivity index is 1.84. The molecule has 0 amide bonds. The third-order valence-electron chi connectivity index (χ3n) is 3.53. The molecule has 0 saturated carbocycles. The van der Waals surface area contributed by atoms with Gasteiger partial charge in [0, 0.05) is 23.3 Å². The quantitative estimate of drug-likeness (QED) is 0.765. The highest BCUT2D eigenvalue weighted by Gasteiger charge is 2.03. The summed E-state index contributed by atoms with van der Waals surface area (Å²) in [6, 6.07) is 18.2. The Morgan fingerprint density at radius 1 is 1.00 bits per heavy atom. The molecule has 0 spiro atoms. The van der Waals surface area contributed by atoms with E-state index >= 15 is 0 Å². The molecule has 3 heteroatoms. The average molecular weight is 278 g/mol. The first-order valence-electron chi connectivity index (χ1n) is 7.05. The topological polar surface area (TPSA) is 45.1 Å². The molecule has 1 aromatic heterocycles. The maximum Gasteiger partial charge on any atom is 0.0725 e. The van der Waals surface area contributed by atoms with E-state index in [0.29, 0.717) is 0 Å². The van der Waals surface area contributed by atoms with Gasteiger partial charge < -0.3 is 10.4 Å². The smallest absolute Gasteiger partial charge is 0.0725 e. The van der Waals surface area contributed by atoms with Crippen LogP contribution in [0.25, 0.3) is 10.9 Å². The van der Waals surface area contributed by atoms with E-state index in [1.165, 1.54) is 5.56 Å². The summed E-state index contributed by atoms with van der Waals surface area (Å²) in [6.07, 6.45) is 0. The van der Waals surface area contributed by atoms with Crippen molar-refractivity contribution in [2.24, 2.45) is 0 Å². The summed E-state index contributed by atoms with van der Waals surface area (Å²) in [6.45, 7) is 2.84. The zero-order valence-corrected chi connectivity index (χ0v) is 12.0. The normalized spacial score (nSPS) is 10.8. The number of hydrogen-bond acceptors (Lipinski definition) is 3. The lowest BCUT2D eigenvalue weighted by Crippen LogP contribution is -2.01. The van der Waals surface area contributed by atoms with Crippen LogP contribution in [0.15, 0.2) is 54.6 Å². The molecule has 3 aromatic rings. The molecular formula is C18H18N2O. The molecule has 2 N–H and O–H groups in total. The minimum atomic E-state index is 0.0852. The first kappa shape index (κ1) is 13.6. The number of aliphatic hydroxyl groups is 1. The first-order chi connectivity index (χ1) is 10.3. The van der Waals surface area contributed by atoms with Crippen molar-refractivity contribution in [2.75, 3.05) is 5.32 Å². The van der Waals surface area contributed by atoms with Crippen molar-refractivity contribution in [2.45, 2.75) is 20.1 Å². The second-order valence-electron chi connectivity index (χ2n) is 5.16. The molecule has 3 rings (SSSR count). The second-order valence-corrected chi connectivity index (χ2v) is 5.16. The summed E-state index contributed by atoms with van der Waals surface area (Å²) in [4.78, 5) is 4.55. The van der Waals surface area contributed by atoms with E-state index in [2.05, 4.69) is 22.4 Å². The molecule has 0 saturated heterocycles. The molecule has 0 aliphatic heterocycles. The number of nitrogens with zero attached hydrogens (tertiary/aromatic N) is 1. The minimum absolute atomic E-state index is 0.0852. The maximum atomic E-state index is 9.06. The van der Waals surface area contributed by atoms with Gasteiger partial charge in [0.2, 0.25) is 0 Å². The van der Waals surface area contributed by atoms with E-state index in [-0.39, 0.29) is 6.61 Å². The summed E-state index contributed by atoms with van der Waals surface area (Å²) in [5, 5.41) is 13.7. The lowest BCUT2D eigenvalue weighted by atomic mass is 10.1. The number of aliphatic hydroxyl groups excluding tert-OH is 1. The Morgan fingerprint density at radius 3 is 2.48 bits per heavy atom. The molecule has 0 aliphatic rings. The highest BCUT2D eigenvalue weighted by molar-refractivity contribution is 5.91. The molecule has 0 atom stereocenters. The number of fused-ring (bicyclic) bond motifs is 1. The van der Waals surface area contributed by atoms with Crippen LogP contribution in [-0.4, -0.2) is 10.1 Å². The van der Waals surface area contributed by atoms with Gasteiger partial charge in [0.25, 0.3) is 0 Å². The van der Waals surface area contributed by atoms with E-state index in [9.17, 15) is 0 Å². The standard InChI is InChI=1S/C18H18N2O/c1-13-10-18(16-4-2-3-5-17(16)20-13)19-11-14-6-8-15(12-21)9-7-14/h2-10,21H,11-12H2,1H3,(H,19,20). The first-order valence-corrected chi connectivity index (χ1v) is 7.05. The molecule has 0 aliphatic carbocycles. The number of hydrogen-bond donors (Lipinski definition) is 2. The van der Waals surface area contributed by atoms with E-state index < -0.39 is 0 Å². The molecule has 1 heterocycles. The van der Waals surface area contributed by atoms with Crippen LogP contribution in [0.1, 0.15) is 16.8 Å². The summed E-state index contributed by atoms with van der Waals surface area (Å²) in [5.41, 5.74) is 5.24. The fourth-order valence-electron chi connectivity index (χ4n) is 2.41. The Morgan fingerprint density at radius 2 is 1.71 bits per heavy atom. The molecule has 0 bridgehead atoms. The van der Waals surface area contributed by atoms with Crippen LogP contribution >= 0.6 is 0 Å². The number of para-hydroxylation sites is 1. The summed E-state index contributed by atoms with van der Waals surface area (Å²) in [7, 11) is 0. The van der Waals surface area contributed by atoms with Gasteiger partial charge >= 0.3 is 0 Å². The van der Waals surface area contributed by atoms with Crippen molar-refractivity contribution in [1.82, 2.24) is 4.98 Å². The van der Waals surface area contributed by atoms with Crippen LogP contribution in [0.2, 0.25) is 0 Å². The second kappa shape index (κ2) is 5.94. The van der Waals surface area contributed by atoms with Gasteiger partial charge in [-0.15, -0.1) is 0 Å². The van der Waals surface area contributed by atoms with Crippen molar-refractivity contribution in [3.05, 3.63) is 71.4 Å². The van der Waals surface area contributed by atoms with Gasteiger partial charge in [0.15, 0.2) is 0 Å². The molecule has 21 heavy (non-hydrogen) atoms. The van der Waals surface area contributed by atoms with Crippen molar-refractivity contribution in [3.63, 3.8) is 0 Å². The number of nitrogens with one attached hydrogen (secondary N) is 1. The van der Waals surface area contributed by atoms with Gasteiger partial charge in [-0.1, -0.05) is 42.5 Å².